The molecule has 0 unspecified atom stereocenters. The third kappa shape index (κ3) is 2.30. The lowest BCUT2D eigenvalue weighted by atomic mass is 10.3. The van der Waals surface area contributed by atoms with Crippen molar-refractivity contribution in [3.05, 3.63) is 36.8 Å². The topological polar surface area (TPSA) is 39.9 Å². The molecule has 0 N–H and O–H groups in total. The van der Waals surface area contributed by atoms with Gasteiger partial charge >= 0.3 is 0 Å². The zero-order valence-corrected chi connectivity index (χ0v) is 9.62. The Bertz CT molecular complexity index is 474. The van der Waals surface area contributed by atoms with Crippen LogP contribution in [0, 0.1) is 0 Å². The minimum absolute atomic E-state index is 0.552. The van der Waals surface area contributed by atoms with Gasteiger partial charge in [-0.05, 0) is 18.9 Å². The van der Waals surface area contributed by atoms with E-state index in [2.05, 4.69) is 10.1 Å². The average molecular weight is 229 g/mol. The lowest BCUT2D eigenvalue weighted by Gasteiger charge is -2.08. The van der Waals surface area contributed by atoms with E-state index in [1.807, 2.05) is 29.1 Å². The van der Waals surface area contributed by atoms with E-state index in [4.69, 9.17) is 4.74 Å². The van der Waals surface area contributed by atoms with Gasteiger partial charge in [-0.2, -0.15) is 5.10 Å². The molecule has 0 bridgehead atoms. The number of ether oxygens (including phenoxy) is 1. The molecule has 0 spiro atoms. The molecule has 0 saturated heterocycles. The number of rotatable bonds is 3. The van der Waals surface area contributed by atoms with E-state index >= 15 is 0 Å². The van der Waals surface area contributed by atoms with Crippen molar-refractivity contribution in [2.75, 3.05) is 0 Å². The molecule has 2 aromatic rings. The predicted molar refractivity (Wildman–Crippen MR) is 64.0 cm³/mol. The second-order valence-electron chi connectivity index (χ2n) is 4.36. The third-order valence-electron chi connectivity index (χ3n) is 3.14. The van der Waals surface area contributed by atoms with Crippen LogP contribution in [0.3, 0.4) is 0 Å². The fraction of sp³-hybridized carbons (Fsp3) is 0.385. The number of pyridine rings is 1. The highest BCUT2D eigenvalue weighted by Gasteiger charge is 2.17. The van der Waals surface area contributed by atoms with Gasteiger partial charge in [-0.3, -0.25) is 4.68 Å². The van der Waals surface area contributed by atoms with Crippen molar-refractivity contribution in [1.29, 1.82) is 0 Å². The molecule has 1 fully saturated rings. The summed E-state index contributed by atoms with van der Waals surface area (Å²) in [5.41, 5.74) is 0. The molecule has 4 heteroatoms. The largest absolute Gasteiger partial charge is 0.436 e. The predicted octanol–water partition coefficient (Wildman–Crippen LogP) is 3.19. The van der Waals surface area contributed by atoms with E-state index in [0.717, 1.165) is 5.75 Å². The van der Waals surface area contributed by atoms with Crippen LogP contribution < -0.4 is 4.74 Å². The van der Waals surface area contributed by atoms with E-state index in [9.17, 15) is 0 Å². The smallest absolute Gasteiger partial charge is 0.219 e. The molecule has 1 saturated carbocycles. The van der Waals surface area contributed by atoms with Gasteiger partial charge in [0.05, 0.1) is 18.4 Å². The zero-order valence-electron chi connectivity index (χ0n) is 9.62. The SMILES string of the molecule is c1ccc(Oc2cnn(C3CCCC3)c2)nc1. The molecule has 4 nitrogen and oxygen atoms in total. The monoisotopic (exact) mass is 229 g/mol. The normalized spacial score (nSPS) is 16.2. The lowest BCUT2D eigenvalue weighted by Crippen LogP contribution is -2.04. The summed E-state index contributed by atoms with van der Waals surface area (Å²) in [7, 11) is 0. The minimum atomic E-state index is 0.552. The minimum Gasteiger partial charge on any atom is -0.436 e. The van der Waals surface area contributed by atoms with E-state index in [1.54, 1.807) is 12.4 Å². The molecule has 1 aliphatic rings. The Kier molecular flexibility index (Phi) is 2.78. The molecule has 3 rings (SSSR count). The molecule has 0 radical (unpaired) electrons. The first-order valence-electron chi connectivity index (χ1n) is 6.05. The molecule has 0 atom stereocenters. The van der Waals surface area contributed by atoms with Crippen LogP contribution >= 0.6 is 0 Å². The molecule has 1 aliphatic carbocycles. The van der Waals surface area contributed by atoms with Gasteiger partial charge in [0.1, 0.15) is 0 Å². The van der Waals surface area contributed by atoms with Crippen LogP contribution in [0.5, 0.6) is 11.6 Å². The maximum Gasteiger partial charge on any atom is 0.219 e. The molecule has 0 aliphatic heterocycles. The first-order chi connectivity index (χ1) is 8.42. The van der Waals surface area contributed by atoms with Gasteiger partial charge in [-0.1, -0.05) is 18.9 Å². The van der Waals surface area contributed by atoms with Crippen molar-refractivity contribution in [1.82, 2.24) is 14.8 Å². The maximum absolute atomic E-state index is 5.62. The quantitative estimate of drug-likeness (QED) is 0.811. The fourth-order valence-electron chi connectivity index (χ4n) is 2.27. The van der Waals surface area contributed by atoms with Crippen molar-refractivity contribution in [3.8, 4) is 11.6 Å². The Morgan fingerprint density at radius 3 is 2.88 bits per heavy atom. The van der Waals surface area contributed by atoms with Gasteiger partial charge in [0.25, 0.3) is 0 Å². The number of aromatic nitrogens is 3. The van der Waals surface area contributed by atoms with Gasteiger partial charge in [0, 0.05) is 12.3 Å². The maximum atomic E-state index is 5.62. The van der Waals surface area contributed by atoms with Crippen molar-refractivity contribution >= 4 is 0 Å². The van der Waals surface area contributed by atoms with Crippen LogP contribution in [0.25, 0.3) is 0 Å². The zero-order chi connectivity index (χ0) is 11.5. The highest BCUT2D eigenvalue weighted by molar-refractivity contribution is 5.21. The molecule has 0 amide bonds. The summed E-state index contributed by atoms with van der Waals surface area (Å²) in [5.74, 6) is 1.37. The third-order valence-corrected chi connectivity index (χ3v) is 3.14. The summed E-state index contributed by atoms with van der Waals surface area (Å²) in [5, 5.41) is 4.36. The Labute approximate surface area is 100 Å². The summed E-state index contributed by atoms with van der Waals surface area (Å²) in [4.78, 5) is 4.12. The van der Waals surface area contributed by atoms with Crippen molar-refractivity contribution < 1.29 is 4.74 Å². The second-order valence-corrected chi connectivity index (χ2v) is 4.36. The van der Waals surface area contributed by atoms with Gasteiger partial charge < -0.3 is 4.74 Å². The molecule has 0 aromatic carbocycles. The molecule has 2 aromatic heterocycles. The van der Waals surface area contributed by atoms with Gasteiger partial charge in [-0.15, -0.1) is 0 Å². The van der Waals surface area contributed by atoms with Crippen LogP contribution in [0.2, 0.25) is 0 Å². The Balaban J connectivity index is 1.72. The Morgan fingerprint density at radius 2 is 2.12 bits per heavy atom. The first-order valence-corrected chi connectivity index (χ1v) is 6.05. The average Bonchev–Trinajstić information content (AvgIpc) is 3.00. The van der Waals surface area contributed by atoms with Crippen LogP contribution in [0.4, 0.5) is 0 Å². The molecule has 88 valence electrons. The van der Waals surface area contributed by atoms with Crippen molar-refractivity contribution in [2.45, 2.75) is 31.7 Å². The highest BCUT2D eigenvalue weighted by Crippen LogP contribution is 2.30. The van der Waals surface area contributed by atoms with Gasteiger partial charge in [-0.25, -0.2) is 4.98 Å². The van der Waals surface area contributed by atoms with Crippen LogP contribution in [0.15, 0.2) is 36.8 Å². The van der Waals surface area contributed by atoms with Crippen LogP contribution in [0.1, 0.15) is 31.7 Å². The second kappa shape index (κ2) is 4.57. The summed E-state index contributed by atoms with van der Waals surface area (Å²) < 4.78 is 7.64. The van der Waals surface area contributed by atoms with E-state index in [1.165, 1.54) is 25.7 Å². The fourth-order valence-corrected chi connectivity index (χ4v) is 2.27. The van der Waals surface area contributed by atoms with Crippen molar-refractivity contribution in [3.63, 3.8) is 0 Å². The summed E-state index contributed by atoms with van der Waals surface area (Å²) in [6.07, 6.45) is 10.5. The Morgan fingerprint density at radius 1 is 1.24 bits per heavy atom. The summed E-state index contributed by atoms with van der Waals surface area (Å²) in [6, 6.07) is 6.17. The molecule has 2 heterocycles. The van der Waals surface area contributed by atoms with Gasteiger partial charge in [0.2, 0.25) is 5.88 Å². The number of hydrogen-bond donors (Lipinski definition) is 0. The van der Waals surface area contributed by atoms with Gasteiger partial charge in [0.15, 0.2) is 5.75 Å². The lowest BCUT2D eigenvalue weighted by molar-refractivity contribution is 0.448. The number of hydrogen-bond acceptors (Lipinski definition) is 3. The van der Waals surface area contributed by atoms with Crippen LogP contribution in [-0.2, 0) is 0 Å². The molecular weight excluding hydrogens is 214 g/mol. The Hall–Kier alpha value is -1.84. The summed E-state index contributed by atoms with van der Waals surface area (Å²) >= 11 is 0. The standard InChI is InChI=1S/C13H15N3O/c1-2-6-11(5-1)16-10-12(9-15-16)17-13-7-3-4-8-14-13/h3-4,7-11H,1-2,5-6H2. The van der Waals surface area contributed by atoms with E-state index in [0.29, 0.717) is 11.9 Å². The summed E-state index contributed by atoms with van der Waals surface area (Å²) in [6.45, 7) is 0. The molecule has 17 heavy (non-hydrogen) atoms. The molecular formula is C13H15N3O. The first kappa shape index (κ1) is 10.3. The van der Waals surface area contributed by atoms with Crippen LogP contribution in [-0.4, -0.2) is 14.8 Å². The number of nitrogens with zero attached hydrogens (tertiary/aromatic N) is 3. The highest BCUT2D eigenvalue weighted by atomic mass is 16.5. The van der Waals surface area contributed by atoms with E-state index in [-0.39, 0.29) is 0 Å². The van der Waals surface area contributed by atoms with Crippen molar-refractivity contribution in [2.24, 2.45) is 0 Å². The van der Waals surface area contributed by atoms with E-state index < -0.39 is 0 Å².